The highest BCUT2D eigenvalue weighted by atomic mass is 16.5. The van der Waals surface area contributed by atoms with Crippen LogP contribution in [0.3, 0.4) is 0 Å². The molecule has 0 radical (unpaired) electrons. The van der Waals surface area contributed by atoms with Gasteiger partial charge in [-0.1, -0.05) is 228 Å². The van der Waals surface area contributed by atoms with Crippen LogP contribution >= 0.6 is 0 Å². The van der Waals surface area contributed by atoms with Gasteiger partial charge in [0, 0.05) is 6.42 Å². The number of carbonyl (C=O) groups excluding carboxylic acids is 2. The van der Waals surface area contributed by atoms with Crippen molar-refractivity contribution in [2.75, 3.05) is 6.61 Å². The lowest BCUT2D eigenvalue weighted by molar-refractivity contribution is -0.151. The van der Waals surface area contributed by atoms with E-state index in [2.05, 4.69) is 111 Å². The quantitative estimate of drug-likeness (QED) is 0.0245. The molecule has 0 aromatic rings. The number of aliphatic hydroxyl groups is 2. The Labute approximate surface area is 395 Å². The van der Waals surface area contributed by atoms with Gasteiger partial charge in [-0.2, -0.15) is 0 Å². The van der Waals surface area contributed by atoms with Crippen molar-refractivity contribution in [2.24, 2.45) is 0 Å². The second-order valence-corrected chi connectivity index (χ2v) is 17.9. The molecule has 0 rings (SSSR count). The van der Waals surface area contributed by atoms with Crippen molar-refractivity contribution in [3.63, 3.8) is 0 Å². The fraction of sp³-hybridized carbons (Fsp3) is 0.724. The zero-order valence-corrected chi connectivity index (χ0v) is 41.9. The van der Waals surface area contributed by atoms with Crippen molar-refractivity contribution in [1.82, 2.24) is 5.32 Å². The normalized spacial score (nSPS) is 13.9. The molecule has 0 saturated heterocycles. The van der Waals surface area contributed by atoms with E-state index < -0.39 is 18.2 Å². The van der Waals surface area contributed by atoms with Gasteiger partial charge in [-0.15, -0.1) is 0 Å². The number of hydrogen-bond acceptors (Lipinski definition) is 5. The molecule has 0 aliphatic carbocycles. The number of esters is 1. The van der Waals surface area contributed by atoms with E-state index in [0.29, 0.717) is 25.7 Å². The number of allylic oxidation sites excluding steroid dienone is 14. The molecule has 6 nitrogen and oxygen atoms in total. The zero-order valence-electron chi connectivity index (χ0n) is 41.9. The summed E-state index contributed by atoms with van der Waals surface area (Å²) in [7, 11) is 0. The molecule has 0 fully saturated rings. The summed E-state index contributed by atoms with van der Waals surface area (Å²) in [6.45, 7) is 6.32. The second-order valence-electron chi connectivity index (χ2n) is 17.9. The van der Waals surface area contributed by atoms with Crippen LogP contribution < -0.4 is 5.32 Å². The maximum Gasteiger partial charge on any atom is 0.306 e. The molecule has 1 amide bonds. The first kappa shape index (κ1) is 61.0. The fourth-order valence-corrected chi connectivity index (χ4v) is 7.69. The third-order valence-electron chi connectivity index (χ3n) is 11.7. The highest BCUT2D eigenvalue weighted by Crippen LogP contribution is 2.17. The predicted octanol–water partition coefficient (Wildman–Crippen LogP) is 16.3. The molecule has 0 bridgehead atoms. The first-order chi connectivity index (χ1) is 31.5. The Balaban J connectivity index is 4.67. The molecule has 0 saturated carbocycles. The van der Waals surface area contributed by atoms with Crippen LogP contribution in [0.25, 0.3) is 0 Å². The number of unbranched alkanes of at least 4 members (excludes halogenated alkanes) is 22. The van der Waals surface area contributed by atoms with Crippen LogP contribution in [0, 0.1) is 0 Å². The van der Waals surface area contributed by atoms with E-state index in [1.54, 1.807) is 0 Å². The third kappa shape index (κ3) is 45.6. The van der Waals surface area contributed by atoms with Crippen LogP contribution in [-0.2, 0) is 14.3 Å². The first-order valence-corrected chi connectivity index (χ1v) is 26.8. The van der Waals surface area contributed by atoms with E-state index in [4.69, 9.17) is 4.74 Å². The van der Waals surface area contributed by atoms with E-state index >= 15 is 0 Å². The lowest BCUT2D eigenvalue weighted by atomic mass is 10.0. The number of nitrogens with one attached hydrogen (secondary N) is 1. The summed E-state index contributed by atoms with van der Waals surface area (Å²) in [5.74, 6) is -0.566. The minimum absolute atomic E-state index is 0.0377. The summed E-state index contributed by atoms with van der Waals surface area (Å²) < 4.78 is 5.90. The topological polar surface area (TPSA) is 95.9 Å². The summed E-state index contributed by atoms with van der Waals surface area (Å²) in [6.07, 6.45) is 66.4. The molecule has 368 valence electrons. The van der Waals surface area contributed by atoms with Crippen molar-refractivity contribution in [3.8, 4) is 0 Å². The second kappa shape index (κ2) is 51.0. The van der Waals surface area contributed by atoms with E-state index in [0.717, 1.165) is 96.3 Å². The van der Waals surface area contributed by atoms with E-state index in [1.807, 2.05) is 0 Å². The number of ether oxygens (including phenoxy) is 1. The molecule has 3 N–H and O–H groups in total. The summed E-state index contributed by atoms with van der Waals surface area (Å²) in [6, 6.07) is -0.724. The van der Waals surface area contributed by atoms with Gasteiger partial charge in [0.05, 0.1) is 25.2 Å². The Kier molecular flexibility index (Phi) is 48.7. The van der Waals surface area contributed by atoms with Crippen molar-refractivity contribution in [2.45, 2.75) is 264 Å². The molecular weight excluding hydrogens is 791 g/mol. The van der Waals surface area contributed by atoms with Gasteiger partial charge in [0.25, 0.3) is 0 Å². The maximum absolute atomic E-state index is 13.2. The van der Waals surface area contributed by atoms with Gasteiger partial charge < -0.3 is 20.3 Å². The van der Waals surface area contributed by atoms with E-state index in [9.17, 15) is 19.8 Å². The number of rotatable bonds is 47. The van der Waals surface area contributed by atoms with Crippen LogP contribution in [0.1, 0.15) is 245 Å². The Hall–Kier alpha value is -2.96. The molecule has 0 aromatic carbocycles. The average Bonchev–Trinajstić information content (AvgIpc) is 3.29. The molecule has 0 aromatic heterocycles. The molecule has 0 spiro atoms. The Bertz CT molecular complexity index is 1230. The molecule has 3 atom stereocenters. The Morgan fingerprint density at radius 1 is 0.484 bits per heavy atom. The molecule has 0 heterocycles. The lowest BCUT2D eigenvalue weighted by Crippen LogP contribution is -2.46. The van der Waals surface area contributed by atoms with Gasteiger partial charge in [0.1, 0.15) is 6.10 Å². The lowest BCUT2D eigenvalue weighted by Gasteiger charge is -2.24. The number of amides is 1. The minimum Gasteiger partial charge on any atom is -0.462 e. The maximum atomic E-state index is 13.2. The number of hydrogen-bond donors (Lipinski definition) is 3. The summed E-state index contributed by atoms with van der Waals surface area (Å²) in [4.78, 5) is 26.2. The molecule has 64 heavy (non-hydrogen) atoms. The Morgan fingerprint density at radius 3 is 1.39 bits per heavy atom. The van der Waals surface area contributed by atoms with Gasteiger partial charge in [-0.3, -0.25) is 9.59 Å². The van der Waals surface area contributed by atoms with Crippen LogP contribution in [0.4, 0.5) is 0 Å². The molecule has 0 aliphatic heterocycles. The van der Waals surface area contributed by atoms with Gasteiger partial charge in [0.15, 0.2) is 0 Å². The fourth-order valence-electron chi connectivity index (χ4n) is 7.69. The third-order valence-corrected chi connectivity index (χ3v) is 11.7. The Morgan fingerprint density at radius 2 is 0.891 bits per heavy atom. The number of carbonyl (C=O) groups is 2. The first-order valence-electron chi connectivity index (χ1n) is 26.8. The average molecular weight is 892 g/mol. The van der Waals surface area contributed by atoms with E-state index in [1.165, 1.54) is 96.3 Å². The molecule has 6 heteroatoms. The predicted molar refractivity (Wildman–Crippen MR) is 278 cm³/mol. The van der Waals surface area contributed by atoms with Crippen molar-refractivity contribution < 1.29 is 24.5 Å². The smallest absolute Gasteiger partial charge is 0.306 e. The molecular formula is C58H101NO5. The van der Waals surface area contributed by atoms with Crippen molar-refractivity contribution in [1.29, 1.82) is 0 Å². The van der Waals surface area contributed by atoms with Crippen LogP contribution in [-0.4, -0.2) is 46.9 Å². The van der Waals surface area contributed by atoms with Gasteiger partial charge in [0.2, 0.25) is 5.91 Å². The van der Waals surface area contributed by atoms with Crippen molar-refractivity contribution >= 4 is 11.9 Å². The van der Waals surface area contributed by atoms with Crippen LogP contribution in [0.15, 0.2) is 85.1 Å². The highest BCUT2D eigenvalue weighted by Gasteiger charge is 2.24. The van der Waals surface area contributed by atoms with Crippen LogP contribution in [0.5, 0.6) is 0 Å². The van der Waals surface area contributed by atoms with E-state index in [-0.39, 0.29) is 24.9 Å². The summed E-state index contributed by atoms with van der Waals surface area (Å²) in [5.41, 5.74) is 0. The summed E-state index contributed by atoms with van der Waals surface area (Å²) >= 11 is 0. The summed E-state index contributed by atoms with van der Waals surface area (Å²) in [5, 5.41) is 23.8. The van der Waals surface area contributed by atoms with Crippen LogP contribution in [0.2, 0.25) is 0 Å². The molecule has 0 aliphatic rings. The van der Waals surface area contributed by atoms with Crippen molar-refractivity contribution in [3.05, 3.63) is 85.1 Å². The highest BCUT2D eigenvalue weighted by molar-refractivity contribution is 5.77. The standard InChI is InChI=1S/C58H101NO5/c1-4-7-10-13-16-19-22-25-27-28-30-33-36-39-42-45-48-51-58(63)64-54(49-46-43-40-37-34-31-24-21-18-15-12-9-6-3)52-57(62)59-55(53-60)56(61)50-47-44-41-38-35-32-29-26-23-20-17-14-11-8-5-2/h7,10,16,18-19,21,24-25,27,30-31,33,39,42,54-56,60-61H,4-6,8-9,11-15,17,20,22-23,26,28-29,32,34-38,40-41,43-53H2,1-3H3,(H,59,62)/b10-7-,19-16-,21-18+,27-25-,31-24+,33-30-,42-39-. The van der Waals surface area contributed by atoms with Gasteiger partial charge >= 0.3 is 5.97 Å². The number of aliphatic hydroxyl groups excluding tert-OH is 2. The van der Waals surface area contributed by atoms with Gasteiger partial charge in [-0.05, 0) is 89.9 Å². The zero-order chi connectivity index (χ0) is 46.7. The molecule has 3 unspecified atom stereocenters. The SMILES string of the molecule is CC/C=C\C/C=C\C/C=C\C/C=C\C/C=C\CCCC(=O)OC(CCCCCC/C=C/C=C/CCCCC)CC(=O)NC(CO)C(O)CCCCCCCCCCCCCCCCC. The minimum atomic E-state index is -0.807. The largest absolute Gasteiger partial charge is 0.462 e. The monoisotopic (exact) mass is 892 g/mol. The van der Waals surface area contributed by atoms with Gasteiger partial charge in [-0.25, -0.2) is 0 Å².